The molecule has 134 valence electrons. The summed E-state index contributed by atoms with van der Waals surface area (Å²) in [6, 6.07) is 7.55. The van der Waals surface area contributed by atoms with Gasteiger partial charge in [-0.2, -0.15) is 0 Å². The van der Waals surface area contributed by atoms with Gasteiger partial charge in [-0.25, -0.2) is 0 Å². The quantitative estimate of drug-likeness (QED) is 0.405. The standard InChI is InChI=1S/C18H15NO7/c1-10(20)14-15(21)18(24-2)17-13(6-7-25-17)16(14)26-9-11-4-3-5-12(8-11)19(22)23/h3-8,21H,9H2,1-2H3. The second-order valence-corrected chi connectivity index (χ2v) is 5.52. The summed E-state index contributed by atoms with van der Waals surface area (Å²) < 4.78 is 16.2. The molecule has 1 heterocycles. The van der Waals surface area contributed by atoms with Crippen molar-refractivity contribution in [3.63, 3.8) is 0 Å². The van der Waals surface area contributed by atoms with Crippen LogP contribution in [0.1, 0.15) is 22.8 Å². The van der Waals surface area contributed by atoms with Gasteiger partial charge in [0, 0.05) is 12.1 Å². The van der Waals surface area contributed by atoms with Gasteiger partial charge in [0.2, 0.25) is 5.75 Å². The van der Waals surface area contributed by atoms with Crippen molar-refractivity contribution >= 4 is 22.4 Å². The molecule has 3 aromatic rings. The Morgan fingerprint density at radius 3 is 2.73 bits per heavy atom. The molecule has 8 nitrogen and oxygen atoms in total. The number of phenols is 1. The maximum Gasteiger partial charge on any atom is 0.269 e. The van der Waals surface area contributed by atoms with Crippen molar-refractivity contribution in [3.8, 4) is 17.2 Å². The fraction of sp³-hybridized carbons (Fsp3) is 0.167. The lowest BCUT2D eigenvalue weighted by atomic mass is 10.0. The highest BCUT2D eigenvalue weighted by atomic mass is 16.6. The van der Waals surface area contributed by atoms with Crippen LogP contribution in [0.2, 0.25) is 0 Å². The Kier molecular flexibility index (Phi) is 4.49. The van der Waals surface area contributed by atoms with Gasteiger partial charge in [0.15, 0.2) is 17.1 Å². The average molecular weight is 357 g/mol. The first-order valence-corrected chi connectivity index (χ1v) is 7.61. The van der Waals surface area contributed by atoms with Crippen molar-refractivity contribution in [1.29, 1.82) is 0 Å². The maximum absolute atomic E-state index is 12.1. The second kappa shape index (κ2) is 6.75. The van der Waals surface area contributed by atoms with Crippen molar-refractivity contribution < 1.29 is 28.7 Å². The van der Waals surface area contributed by atoms with E-state index in [4.69, 9.17) is 13.9 Å². The highest BCUT2D eigenvalue weighted by molar-refractivity contribution is 6.08. The molecule has 0 saturated heterocycles. The molecular weight excluding hydrogens is 342 g/mol. The Balaban J connectivity index is 2.06. The largest absolute Gasteiger partial charge is 0.504 e. The third-order valence-electron chi connectivity index (χ3n) is 3.86. The second-order valence-electron chi connectivity index (χ2n) is 5.52. The van der Waals surface area contributed by atoms with Crippen LogP contribution in [0.5, 0.6) is 17.2 Å². The van der Waals surface area contributed by atoms with Crippen LogP contribution in [0.15, 0.2) is 41.0 Å². The Labute approximate surface area is 147 Å². The molecule has 0 amide bonds. The molecule has 0 aliphatic carbocycles. The number of nitro groups is 1. The van der Waals surface area contributed by atoms with Gasteiger partial charge in [-0.15, -0.1) is 0 Å². The molecule has 0 aliphatic heterocycles. The molecule has 0 unspecified atom stereocenters. The molecule has 0 atom stereocenters. The molecule has 0 fully saturated rings. The summed E-state index contributed by atoms with van der Waals surface area (Å²) >= 11 is 0. The Morgan fingerprint density at radius 2 is 2.08 bits per heavy atom. The van der Waals surface area contributed by atoms with Crippen molar-refractivity contribution in [2.45, 2.75) is 13.5 Å². The van der Waals surface area contributed by atoms with Crippen LogP contribution in [0, 0.1) is 10.1 Å². The zero-order valence-electron chi connectivity index (χ0n) is 14.0. The van der Waals surface area contributed by atoms with Crippen molar-refractivity contribution in [1.82, 2.24) is 0 Å². The third kappa shape index (κ3) is 2.92. The van der Waals surface area contributed by atoms with Crippen LogP contribution in [-0.2, 0) is 6.61 Å². The number of Topliss-reactive ketones (excluding diaryl/α,β-unsaturated/α-hetero) is 1. The minimum atomic E-state index is -0.502. The topological polar surface area (TPSA) is 112 Å². The minimum absolute atomic E-state index is 0.0337. The first kappa shape index (κ1) is 17.3. The summed E-state index contributed by atoms with van der Waals surface area (Å²) in [4.78, 5) is 22.4. The number of nitro benzene ring substituents is 1. The summed E-state index contributed by atoms with van der Waals surface area (Å²) in [5.41, 5.74) is 0.676. The Morgan fingerprint density at radius 1 is 1.31 bits per heavy atom. The van der Waals surface area contributed by atoms with Gasteiger partial charge in [0.1, 0.15) is 17.9 Å². The lowest BCUT2D eigenvalue weighted by molar-refractivity contribution is -0.384. The van der Waals surface area contributed by atoms with Gasteiger partial charge < -0.3 is 19.0 Å². The third-order valence-corrected chi connectivity index (χ3v) is 3.86. The molecule has 0 radical (unpaired) electrons. The number of phenolic OH excluding ortho intramolecular Hbond substituents is 1. The molecule has 8 heteroatoms. The zero-order chi connectivity index (χ0) is 18.8. The van der Waals surface area contributed by atoms with Gasteiger partial charge in [-0.3, -0.25) is 14.9 Å². The van der Waals surface area contributed by atoms with Crippen molar-refractivity contribution in [3.05, 3.63) is 57.8 Å². The first-order chi connectivity index (χ1) is 12.4. The van der Waals surface area contributed by atoms with Gasteiger partial charge in [-0.1, -0.05) is 12.1 Å². The monoisotopic (exact) mass is 357 g/mol. The summed E-state index contributed by atoms with van der Waals surface area (Å²) in [6.07, 6.45) is 1.39. The number of carbonyl (C=O) groups is 1. The number of carbonyl (C=O) groups excluding carboxylic acids is 1. The van der Waals surface area contributed by atoms with E-state index in [2.05, 4.69) is 0 Å². The summed E-state index contributed by atoms with van der Waals surface area (Å²) in [5, 5.41) is 21.7. The molecule has 0 aliphatic rings. The van der Waals surface area contributed by atoms with Crippen LogP contribution in [-0.4, -0.2) is 22.9 Å². The van der Waals surface area contributed by atoms with E-state index in [0.717, 1.165) is 0 Å². The van der Waals surface area contributed by atoms with Gasteiger partial charge in [-0.05, 0) is 18.6 Å². The predicted molar refractivity (Wildman–Crippen MR) is 91.9 cm³/mol. The fourth-order valence-electron chi connectivity index (χ4n) is 2.71. The average Bonchev–Trinajstić information content (AvgIpc) is 3.08. The van der Waals surface area contributed by atoms with E-state index in [1.54, 1.807) is 18.2 Å². The minimum Gasteiger partial charge on any atom is -0.504 e. The number of rotatable bonds is 6. The number of ketones is 1. The number of benzene rings is 2. The SMILES string of the molecule is COc1c(O)c(C(C)=O)c(OCc2cccc([N+](=O)[O-])c2)c2ccoc12. The number of aromatic hydroxyl groups is 1. The highest BCUT2D eigenvalue weighted by Crippen LogP contribution is 2.46. The molecule has 2 aromatic carbocycles. The number of methoxy groups -OCH3 is 1. The Hall–Kier alpha value is -3.55. The van der Waals surface area contributed by atoms with E-state index >= 15 is 0 Å². The molecule has 3 rings (SSSR count). The van der Waals surface area contributed by atoms with E-state index < -0.39 is 10.7 Å². The molecule has 1 aromatic heterocycles. The van der Waals surface area contributed by atoms with Crippen molar-refractivity contribution in [2.24, 2.45) is 0 Å². The van der Waals surface area contributed by atoms with E-state index in [1.807, 2.05) is 0 Å². The van der Waals surface area contributed by atoms with Crippen LogP contribution in [0.3, 0.4) is 0 Å². The molecular formula is C18H15NO7. The molecule has 0 bridgehead atoms. The molecule has 26 heavy (non-hydrogen) atoms. The summed E-state index contributed by atoms with van der Waals surface area (Å²) in [5.74, 6) is -0.626. The number of ether oxygens (including phenoxy) is 2. The summed E-state index contributed by atoms with van der Waals surface area (Å²) in [6.45, 7) is 1.26. The normalized spacial score (nSPS) is 10.7. The smallest absolute Gasteiger partial charge is 0.269 e. The molecule has 1 N–H and O–H groups in total. The lowest BCUT2D eigenvalue weighted by Gasteiger charge is -2.15. The number of hydrogen-bond acceptors (Lipinski definition) is 7. The van der Waals surface area contributed by atoms with Crippen LogP contribution >= 0.6 is 0 Å². The van der Waals surface area contributed by atoms with Gasteiger partial charge >= 0.3 is 0 Å². The molecule has 0 saturated carbocycles. The van der Waals surface area contributed by atoms with E-state index in [0.29, 0.717) is 10.9 Å². The number of hydrogen-bond donors (Lipinski definition) is 1. The van der Waals surface area contributed by atoms with E-state index in [9.17, 15) is 20.0 Å². The summed E-state index contributed by atoms with van der Waals surface area (Å²) in [7, 11) is 1.35. The van der Waals surface area contributed by atoms with E-state index in [1.165, 1.54) is 32.4 Å². The number of fused-ring (bicyclic) bond motifs is 1. The van der Waals surface area contributed by atoms with E-state index in [-0.39, 0.29) is 40.7 Å². The highest BCUT2D eigenvalue weighted by Gasteiger charge is 2.26. The fourth-order valence-corrected chi connectivity index (χ4v) is 2.71. The van der Waals surface area contributed by atoms with Crippen LogP contribution in [0.25, 0.3) is 11.0 Å². The lowest BCUT2D eigenvalue weighted by Crippen LogP contribution is -2.04. The number of nitrogens with zero attached hydrogens (tertiary/aromatic N) is 1. The predicted octanol–water partition coefficient (Wildman–Crippen LogP) is 3.84. The number of non-ortho nitro benzene ring substituents is 1. The van der Waals surface area contributed by atoms with Crippen LogP contribution < -0.4 is 9.47 Å². The number of furan rings is 1. The van der Waals surface area contributed by atoms with Crippen molar-refractivity contribution in [2.75, 3.05) is 7.11 Å². The van der Waals surface area contributed by atoms with Gasteiger partial charge in [0.05, 0.1) is 23.7 Å². The maximum atomic E-state index is 12.1. The first-order valence-electron chi connectivity index (χ1n) is 7.61. The zero-order valence-corrected chi connectivity index (χ0v) is 14.0. The van der Waals surface area contributed by atoms with Crippen LogP contribution in [0.4, 0.5) is 5.69 Å². The van der Waals surface area contributed by atoms with Gasteiger partial charge in [0.25, 0.3) is 5.69 Å². The molecule has 0 spiro atoms. The Bertz CT molecular complexity index is 1010.